The van der Waals surface area contributed by atoms with Gasteiger partial charge in [0.05, 0.1) is 17.1 Å². The number of para-hydroxylation sites is 1. The molecule has 144 valence electrons. The van der Waals surface area contributed by atoms with Gasteiger partial charge in [-0.2, -0.15) is 5.10 Å². The van der Waals surface area contributed by atoms with Crippen molar-refractivity contribution in [2.75, 3.05) is 11.1 Å². The van der Waals surface area contributed by atoms with E-state index in [0.29, 0.717) is 10.8 Å². The smallest absolute Gasteiger partial charge is 0.248 e. The summed E-state index contributed by atoms with van der Waals surface area (Å²) in [6.45, 7) is 4.72. The second kappa shape index (κ2) is 10.2. The van der Waals surface area contributed by atoms with Gasteiger partial charge in [0.1, 0.15) is 5.15 Å². The van der Waals surface area contributed by atoms with Crippen molar-refractivity contribution in [3.05, 3.63) is 46.8 Å². The molecule has 1 aromatic carbocycles. The number of carbonyl (C=O) groups is 2. The van der Waals surface area contributed by atoms with E-state index in [-0.39, 0.29) is 11.7 Å². The van der Waals surface area contributed by atoms with Gasteiger partial charge in [0, 0.05) is 23.1 Å². The predicted molar refractivity (Wildman–Crippen MR) is 111 cm³/mol. The second-order valence-electron chi connectivity index (χ2n) is 5.94. The van der Waals surface area contributed by atoms with Crippen LogP contribution in [-0.4, -0.2) is 27.3 Å². The first-order chi connectivity index (χ1) is 12.9. The maximum absolute atomic E-state index is 12.3. The molecule has 8 heteroatoms. The third-order valence-electron chi connectivity index (χ3n) is 3.75. The summed E-state index contributed by atoms with van der Waals surface area (Å²) in [4.78, 5) is 24.1. The minimum absolute atomic E-state index is 0.147. The zero-order valence-corrected chi connectivity index (χ0v) is 16.9. The summed E-state index contributed by atoms with van der Waals surface area (Å²) in [5.41, 5.74) is 7.32. The Morgan fingerprint density at radius 1 is 1.37 bits per heavy atom. The molecule has 0 fully saturated rings. The topological polar surface area (TPSA) is 90.0 Å². The minimum atomic E-state index is -0.411. The Balaban J connectivity index is 2.08. The fourth-order valence-corrected chi connectivity index (χ4v) is 3.46. The molecule has 0 unspecified atom stereocenters. The number of thioether (sulfide) groups is 1. The van der Waals surface area contributed by atoms with E-state index in [4.69, 9.17) is 17.3 Å². The Bertz CT molecular complexity index is 848. The monoisotopic (exact) mass is 406 g/mol. The second-order valence-corrected chi connectivity index (χ2v) is 7.32. The van der Waals surface area contributed by atoms with E-state index in [1.165, 1.54) is 17.8 Å². The highest BCUT2D eigenvalue weighted by Gasteiger charge is 2.11. The van der Waals surface area contributed by atoms with Crippen molar-refractivity contribution in [1.29, 1.82) is 0 Å². The van der Waals surface area contributed by atoms with Crippen molar-refractivity contribution in [3.8, 4) is 0 Å². The maximum Gasteiger partial charge on any atom is 0.248 e. The van der Waals surface area contributed by atoms with Crippen LogP contribution < -0.4 is 11.1 Å². The number of hydrogen-bond donors (Lipinski definition) is 2. The molecule has 0 atom stereocenters. The first kappa shape index (κ1) is 21.1. The van der Waals surface area contributed by atoms with Crippen molar-refractivity contribution in [2.24, 2.45) is 5.73 Å². The highest BCUT2D eigenvalue weighted by atomic mass is 35.5. The molecule has 2 aromatic rings. The Labute approximate surface area is 168 Å². The molecule has 0 saturated carbocycles. The number of primary amides is 1. The molecule has 3 N–H and O–H groups in total. The summed E-state index contributed by atoms with van der Waals surface area (Å²) in [5.74, 6) is -0.556. The van der Waals surface area contributed by atoms with Crippen molar-refractivity contribution in [3.63, 3.8) is 0 Å². The first-order valence-corrected chi connectivity index (χ1v) is 10.0. The number of nitrogens with two attached hydrogens (primary N) is 1. The normalized spacial score (nSPS) is 11.1. The van der Waals surface area contributed by atoms with E-state index in [9.17, 15) is 9.59 Å². The molecule has 27 heavy (non-hydrogen) atoms. The Morgan fingerprint density at radius 2 is 2.11 bits per heavy atom. The Hall–Kier alpha value is -2.25. The number of aryl methyl sites for hydroxylation is 2. The third kappa shape index (κ3) is 6.15. The lowest BCUT2D eigenvalue weighted by Crippen LogP contribution is -2.13. The van der Waals surface area contributed by atoms with Gasteiger partial charge < -0.3 is 11.1 Å². The van der Waals surface area contributed by atoms with Crippen molar-refractivity contribution < 1.29 is 9.59 Å². The van der Waals surface area contributed by atoms with Gasteiger partial charge in [-0.1, -0.05) is 37.1 Å². The molecule has 0 radical (unpaired) electrons. The molecule has 1 heterocycles. The quantitative estimate of drug-likeness (QED) is 0.488. The number of amides is 2. The fourth-order valence-electron chi connectivity index (χ4n) is 2.39. The Morgan fingerprint density at radius 3 is 2.81 bits per heavy atom. The molecule has 0 aliphatic heterocycles. The average Bonchev–Trinajstić information content (AvgIpc) is 2.90. The third-order valence-corrected chi connectivity index (χ3v) is 5.24. The lowest BCUT2D eigenvalue weighted by Gasteiger charge is -2.08. The summed E-state index contributed by atoms with van der Waals surface area (Å²) in [6.07, 6.45) is 5.14. The highest BCUT2D eigenvalue weighted by Crippen LogP contribution is 2.27. The molecule has 0 bridgehead atoms. The molecule has 0 aliphatic carbocycles. The van der Waals surface area contributed by atoms with Crippen LogP contribution in [0.2, 0.25) is 5.15 Å². The zero-order valence-electron chi connectivity index (χ0n) is 15.4. The predicted octanol–water partition coefficient (Wildman–Crippen LogP) is 3.87. The van der Waals surface area contributed by atoms with Gasteiger partial charge in [-0.3, -0.25) is 14.3 Å². The van der Waals surface area contributed by atoms with E-state index in [2.05, 4.69) is 17.3 Å². The molecular formula is C19H23ClN4O2S. The van der Waals surface area contributed by atoms with Crippen molar-refractivity contribution >= 4 is 46.9 Å². The molecule has 0 saturated heterocycles. The summed E-state index contributed by atoms with van der Waals surface area (Å²) >= 11 is 7.66. The van der Waals surface area contributed by atoms with Crippen LogP contribution in [0.1, 0.15) is 31.0 Å². The van der Waals surface area contributed by atoms with E-state index in [1.807, 2.05) is 25.1 Å². The summed E-state index contributed by atoms with van der Waals surface area (Å²) in [6, 6.07) is 7.25. The Kier molecular flexibility index (Phi) is 7.94. The fraction of sp³-hybridized carbons (Fsp3) is 0.316. The van der Waals surface area contributed by atoms with Crippen LogP contribution >= 0.6 is 23.4 Å². The molecule has 2 rings (SSSR count). The minimum Gasteiger partial charge on any atom is -0.369 e. The van der Waals surface area contributed by atoms with Crippen LogP contribution in [0, 0.1) is 6.92 Å². The number of benzene rings is 1. The van der Waals surface area contributed by atoms with Crippen LogP contribution in [0.15, 0.2) is 35.2 Å². The van der Waals surface area contributed by atoms with E-state index >= 15 is 0 Å². The van der Waals surface area contributed by atoms with E-state index in [0.717, 1.165) is 35.5 Å². The number of hydrogen-bond acceptors (Lipinski definition) is 4. The number of aromatic nitrogens is 2. The number of unbranched alkanes of at least 4 members (excludes halogenated alkanes) is 1. The van der Waals surface area contributed by atoms with Crippen LogP contribution in [0.5, 0.6) is 0 Å². The van der Waals surface area contributed by atoms with Crippen LogP contribution in [0.4, 0.5) is 5.69 Å². The summed E-state index contributed by atoms with van der Waals surface area (Å²) < 4.78 is 1.76. The summed E-state index contributed by atoms with van der Waals surface area (Å²) in [7, 11) is 0. The highest BCUT2D eigenvalue weighted by molar-refractivity contribution is 8.00. The SMILES string of the molecule is CCCCn1nc(C)c(/C=C/C(=O)Nc2ccccc2SCC(N)=O)c1Cl. The number of nitrogens with zero attached hydrogens (tertiary/aromatic N) is 2. The molecular weight excluding hydrogens is 384 g/mol. The van der Waals surface area contributed by atoms with Gasteiger partial charge in [0.25, 0.3) is 0 Å². The van der Waals surface area contributed by atoms with Gasteiger partial charge >= 0.3 is 0 Å². The standard InChI is InChI=1S/C19H23ClN4O2S/c1-3-4-11-24-19(20)14(13(2)23-24)9-10-18(26)22-15-7-5-6-8-16(15)27-12-17(21)25/h5-10H,3-4,11-12H2,1-2H3,(H2,21,25)(H,22,26)/b10-9+. The van der Waals surface area contributed by atoms with Crippen molar-refractivity contribution in [2.45, 2.75) is 38.1 Å². The van der Waals surface area contributed by atoms with Gasteiger partial charge in [0.15, 0.2) is 0 Å². The van der Waals surface area contributed by atoms with Crippen LogP contribution in [-0.2, 0) is 16.1 Å². The molecule has 6 nitrogen and oxygen atoms in total. The first-order valence-electron chi connectivity index (χ1n) is 8.64. The summed E-state index contributed by atoms with van der Waals surface area (Å²) in [5, 5.41) is 7.76. The largest absolute Gasteiger partial charge is 0.369 e. The number of carbonyl (C=O) groups excluding carboxylic acids is 2. The molecule has 0 aliphatic rings. The van der Waals surface area contributed by atoms with Gasteiger partial charge in [-0.15, -0.1) is 11.8 Å². The van der Waals surface area contributed by atoms with Crippen LogP contribution in [0.3, 0.4) is 0 Å². The maximum atomic E-state index is 12.3. The van der Waals surface area contributed by atoms with Gasteiger partial charge in [-0.05, 0) is 31.6 Å². The lowest BCUT2D eigenvalue weighted by atomic mass is 10.2. The number of rotatable bonds is 9. The lowest BCUT2D eigenvalue weighted by molar-refractivity contribution is -0.115. The van der Waals surface area contributed by atoms with E-state index < -0.39 is 5.91 Å². The number of halogens is 1. The number of anilines is 1. The van der Waals surface area contributed by atoms with Gasteiger partial charge in [0.2, 0.25) is 11.8 Å². The molecule has 0 spiro atoms. The molecule has 2 amide bonds. The zero-order chi connectivity index (χ0) is 19.8. The average molecular weight is 407 g/mol. The van der Waals surface area contributed by atoms with Crippen molar-refractivity contribution in [1.82, 2.24) is 9.78 Å². The van der Waals surface area contributed by atoms with Gasteiger partial charge in [-0.25, -0.2) is 0 Å². The number of nitrogens with one attached hydrogen (secondary N) is 1. The molecule has 1 aromatic heterocycles. The van der Waals surface area contributed by atoms with Crippen LogP contribution in [0.25, 0.3) is 6.08 Å². The van der Waals surface area contributed by atoms with E-state index in [1.54, 1.807) is 16.8 Å².